The van der Waals surface area contributed by atoms with Gasteiger partial charge in [-0.25, -0.2) is 9.69 Å². The van der Waals surface area contributed by atoms with Crippen LogP contribution in [0.5, 0.6) is 23.0 Å². The summed E-state index contributed by atoms with van der Waals surface area (Å²) in [7, 11) is 1.48. The van der Waals surface area contributed by atoms with E-state index in [1.165, 1.54) is 19.3 Å². The van der Waals surface area contributed by atoms with Crippen LogP contribution < -0.4 is 29.2 Å². The third kappa shape index (κ3) is 7.44. The normalized spacial score (nSPS) is 14.4. The van der Waals surface area contributed by atoms with Crippen molar-refractivity contribution in [2.75, 3.05) is 31.8 Å². The lowest BCUT2D eigenvalue weighted by atomic mass is 10.1. The number of urea groups is 1. The maximum absolute atomic E-state index is 13.4. The summed E-state index contributed by atoms with van der Waals surface area (Å²) in [6.07, 6.45) is 6.34. The first-order valence-electron chi connectivity index (χ1n) is 13.2. The molecule has 0 radical (unpaired) electrons. The number of hydrogen-bond acceptors (Lipinski definition) is 7. The summed E-state index contributed by atoms with van der Waals surface area (Å²) >= 11 is 6.48. The van der Waals surface area contributed by atoms with E-state index >= 15 is 0 Å². The number of imide groups is 2. The van der Waals surface area contributed by atoms with Gasteiger partial charge in [-0.3, -0.25) is 14.9 Å². The number of nitrogens with one attached hydrogen (secondary N) is 1. The lowest BCUT2D eigenvalue weighted by Crippen LogP contribution is -2.54. The van der Waals surface area contributed by atoms with Gasteiger partial charge in [-0.2, -0.15) is 0 Å². The molecule has 10 heteroatoms. The second-order valence-electron chi connectivity index (χ2n) is 8.81. The molecule has 2 aromatic rings. The Morgan fingerprint density at radius 1 is 0.872 bits per heavy atom. The number of methoxy groups -OCH3 is 1. The number of amides is 4. The Hall–Kier alpha value is -3.72. The van der Waals surface area contributed by atoms with Crippen LogP contribution in [0.3, 0.4) is 0 Å². The van der Waals surface area contributed by atoms with E-state index in [4.69, 9.17) is 30.5 Å². The Morgan fingerprint density at radius 2 is 1.67 bits per heavy atom. The molecule has 4 amide bonds. The molecule has 1 aliphatic heterocycles. The number of carbonyl (C=O) groups is 3. The molecular weight excluding hydrogens is 524 g/mol. The molecule has 3 rings (SSSR count). The molecule has 1 N–H and O–H groups in total. The van der Waals surface area contributed by atoms with Crippen molar-refractivity contribution < 1.29 is 33.3 Å². The first-order chi connectivity index (χ1) is 18.8. The maximum Gasteiger partial charge on any atom is 0.335 e. The summed E-state index contributed by atoms with van der Waals surface area (Å²) in [6.45, 7) is 7.26. The standard InChI is InChI=1S/C29H35ClN2O7/c1-5-8-9-10-14-39-26-22(30)16-19(17-25(26)36-4)15-21-27(33)31-29(35)32(28(21)34)20-11-12-23(38-13-6-2)24(18-20)37-7-3/h11-12,15-18H,5-10,13-14H2,1-4H3,(H,31,33,35)/b21-15+. The van der Waals surface area contributed by atoms with Crippen LogP contribution in [0.1, 0.15) is 58.4 Å². The molecule has 1 fully saturated rings. The van der Waals surface area contributed by atoms with Crippen molar-refractivity contribution in [1.29, 1.82) is 0 Å². The number of benzene rings is 2. The van der Waals surface area contributed by atoms with Crippen molar-refractivity contribution in [2.24, 2.45) is 0 Å². The van der Waals surface area contributed by atoms with E-state index in [1.807, 2.05) is 13.8 Å². The number of rotatable bonds is 14. The van der Waals surface area contributed by atoms with Gasteiger partial charge < -0.3 is 18.9 Å². The van der Waals surface area contributed by atoms with Crippen LogP contribution >= 0.6 is 11.6 Å². The zero-order chi connectivity index (χ0) is 28.4. The van der Waals surface area contributed by atoms with Gasteiger partial charge in [0.2, 0.25) is 0 Å². The maximum atomic E-state index is 13.4. The van der Waals surface area contributed by atoms with Crippen LogP contribution in [0.2, 0.25) is 5.02 Å². The number of ether oxygens (including phenoxy) is 4. The summed E-state index contributed by atoms with van der Waals surface area (Å²) < 4.78 is 22.7. The molecule has 1 aliphatic rings. The predicted octanol–water partition coefficient (Wildman–Crippen LogP) is 6.16. The average molecular weight is 559 g/mol. The van der Waals surface area contributed by atoms with Crippen molar-refractivity contribution in [3.63, 3.8) is 0 Å². The Labute approximate surface area is 234 Å². The third-order valence-electron chi connectivity index (χ3n) is 5.86. The third-order valence-corrected chi connectivity index (χ3v) is 6.14. The van der Waals surface area contributed by atoms with Crippen LogP contribution in [0.15, 0.2) is 35.9 Å². The highest BCUT2D eigenvalue weighted by Gasteiger charge is 2.37. The molecule has 2 aromatic carbocycles. The minimum absolute atomic E-state index is 0.227. The van der Waals surface area contributed by atoms with E-state index in [0.29, 0.717) is 48.4 Å². The molecule has 0 aromatic heterocycles. The summed E-state index contributed by atoms with van der Waals surface area (Å²) in [5, 5.41) is 2.50. The Bertz CT molecular complexity index is 1230. The lowest BCUT2D eigenvalue weighted by Gasteiger charge is -2.27. The Balaban J connectivity index is 1.91. The molecule has 0 aliphatic carbocycles. The minimum atomic E-state index is -0.866. The molecule has 1 heterocycles. The minimum Gasteiger partial charge on any atom is -0.493 e. The zero-order valence-corrected chi connectivity index (χ0v) is 23.6. The van der Waals surface area contributed by atoms with Crippen molar-refractivity contribution >= 4 is 41.2 Å². The van der Waals surface area contributed by atoms with E-state index in [1.54, 1.807) is 24.3 Å². The van der Waals surface area contributed by atoms with Gasteiger partial charge in [-0.05, 0) is 55.7 Å². The van der Waals surface area contributed by atoms with Crippen LogP contribution in [0.4, 0.5) is 10.5 Å². The molecule has 39 heavy (non-hydrogen) atoms. The number of unbranched alkanes of at least 4 members (excludes halogenated alkanes) is 3. The first kappa shape index (κ1) is 29.8. The van der Waals surface area contributed by atoms with Gasteiger partial charge in [-0.15, -0.1) is 0 Å². The van der Waals surface area contributed by atoms with Gasteiger partial charge in [0.15, 0.2) is 23.0 Å². The second kappa shape index (κ2) is 14.4. The van der Waals surface area contributed by atoms with Gasteiger partial charge in [-0.1, -0.05) is 44.7 Å². The molecule has 0 bridgehead atoms. The van der Waals surface area contributed by atoms with E-state index in [9.17, 15) is 14.4 Å². The quantitative estimate of drug-likeness (QED) is 0.168. The average Bonchev–Trinajstić information content (AvgIpc) is 2.91. The van der Waals surface area contributed by atoms with Crippen molar-refractivity contribution in [1.82, 2.24) is 5.32 Å². The molecule has 0 atom stereocenters. The summed E-state index contributed by atoms with van der Waals surface area (Å²) in [6, 6.07) is 7.05. The summed E-state index contributed by atoms with van der Waals surface area (Å²) in [4.78, 5) is 39.7. The van der Waals surface area contributed by atoms with Crippen LogP contribution in [0, 0.1) is 0 Å². The fourth-order valence-electron chi connectivity index (χ4n) is 3.96. The Morgan fingerprint density at radius 3 is 2.36 bits per heavy atom. The number of anilines is 1. The topological polar surface area (TPSA) is 103 Å². The number of halogens is 1. The van der Waals surface area contributed by atoms with Gasteiger partial charge in [0.05, 0.1) is 37.6 Å². The van der Waals surface area contributed by atoms with Crippen molar-refractivity contribution in [3.8, 4) is 23.0 Å². The van der Waals surface area contributed by atoms with Gasteiger partial charge in [0.1, 0.15) is 5.57 Å². The summed E-state index contributed by atoms with van der Waals surface area (Å²) in [5.41, 5.74) is 0.414. The van der Waals surface area contributed by atoms with E-state index in [-0.39, 0.29) is 16.3 Å². The monoisotopic (exact) mass is 558 g/mol. The second-order valence-corrected chi connectivity index (χ2v) is 9.22. The van der Waals surface area contributed by atoms with Crippen LogP contribution in [-0.2, 0) is 9.59 Å². The number of barbiturate groups is 1. The largest absolute Gasteiger partial charge is 0.493 e. The SMILES string of the molecule is CCCCCCOc1c(Cl)cc(/C=C2\C(=O)NC(=O)N(c3ccc(OCCC)c(OCC)c3)C2=O)cc1OC. The van der Waals surface area contributed by atoms with Crippen molar-refractivity contribution in [3.05, 3.63) is 46.5 Å². The number of nitrogens with zero attached hydrogens (tertiary/aromatic N) is 1. The van der Waals surface area contributed by atoms with Gasteiger partial charge >= 0.3 is 6.03 Å². The van der Waals surface area contributed by atoms with E-state index < -0.39 is 17.8 Å². The van der Waals surface area contributed by atoms with Crippen molar-refractivity contribution in [2.45, 2.75) is 52.9 Å². The molecule has 0 spiro atoms. The Kier molecular flexibility index (Phi) is 11.0. The van der Waals surface area contributed by atoms with Gasteiger partial charge in [0.25, 0.3) is 11.8 Å². The molecule has 9 nitrogen and oxygen atoms in total. The van der Waals surface area contributed by atoms with Crippen LogP contribution in [-0.4, -0.2) is 44.8 Å². The summed E-state index contributed by atoms with van der Waals surface area (Å²) in [5.74, 6) is 0.0236. The number of carbonyl (C=O) groups excluding carboxylic acids is 3. The zero-order valence-electron chi connectivity index (χ0n) is 22.8. The molecule has 1 saturated heterocycles. The number of hydrogen-bond donors (Lipinski definition) is 1. The van der Waals surface area contributed by atoms with Gasteiger partial charge in [0, 0.05) is 6.07 Å². The molecular formula is C29H35ClN2O7. The van der Waals surface area contributed by atoms with E-state index in [0.717, 1.165) is 37.0 Å². The highest BCUT2D eigenvalue weighted by molar-refractivity contribution is 6.39. The first-order valence-corrected chi connectivity index (χ1v) is 13.5. The van der Waals surface area contributed by atoms with E-state index in [2.05, 4.69) is 12.2 Å². The highest BCUT2D eigenvalue weighted by Crippen LogP contribution is 2.38. The smallest absolute Gasteiger partial charge is 0.335 e. The lowest BCUT2D eigenvalue weighted by molar-refractivity contribution is -0.122. The highest BCUT2D eigenvalue weighted by atomic mass is 35.5. The molecule has 0 unspecified atom stereocenters. The fourth-order valence-corrected chi connectivity index (χ4v) is 4.23. The fraction of sp³-hybridized carbons (Fsp3) is 0.414. The molecule has 0 saturated carbocycles. The molecule has 210 valence electrons. The van der Waals surface area contributed by atoms with Crippen LogP contribution in [0.25, 0.3) is 6.08 Å². The predicted molar refractivity (Wildman–Crippen MR) is 150 cm³/mol.